The van der Waals surface area contributed by atoms with Gasteiger partial charge < -0.3 is 15.1 Å². The number of amides is 2. The van der Waals surface area contributed by atoms with E-state index in [0.29, 0.717) is 5.56 Å². The molecule has 7 nitrogen and oxygen atoms in total. The van der Waals surface area contributed by atoms with E-state index >= 15 is 0 Å². The van der Waals surface area contributed by atoms with Crippen molar-refractivity contribution >= 4 is 27.3 Å². The fraction of sp³-hybridized carbons (Fsp3) is 0.600. The number of rotatable bonds is 8. The highest BCUT2D eigenvalue weighted by Gasteiger charge is 2.28. The molecule has 1 heterocycles. The number of nitrogens with zero attached hydrogens (tertiary/aromatic N) is 2. The van der Waals surface area contributed by atoms with Crippen molar-refractivity contribution < 1.29 is 18.0 Å². The Labute approximate surface area is 168 Å². The summed E-state index contributed by atoms with van der Waals surface area (Å²) in [4.78, 5) is 28.7. The number of carbonyl (C=O) groups excluding carboxylic acids is 2. The zero-order valence-electron chi connectivity index (χ0n) is 17.0. The maximum absolute atomic E-state index is 12.5. The Bertz CT molecular complexity index is 763. The van der Waals surface area contributed by atoms with Crippen LogP contribution in [0.2, 0.25) is 0 Å². The lowest BCUT2D eigenvalue weighted by Crippen LogP contribution is -2.51. The summed E-state index contributed by atoms with van der Waals surface area (Å²) in [6.45, 7) is 8.14. The molecule has 0 saturated carbocycles. The van der Waals surface area contributed by atoms with Crippen LogP contribution >= 0.6 is 0 Å². The molecule has 8 heteroatoms. The molecule has 0 bridgehead atoms. The van der Waals surface area contributed by atoms with Gasteiger partial charge >= 0.3 is 0 Å². The molecule has 2 amide bonds. The zero-order chi connectivity index (χ0) is 20.7. The Morgan fingerprint density at radius 2 is 1.75 bits per heavy atom. The summed E-state index contributed by atoms with van der Waals surface area (Å²) in [5, 5.41) is 2.72. The van der Waals surface area contributed by atoms with Crippen LogP contribution in [-0.2, 0) is 14.6 Å². The number of anilines is 1. The van der Waals surface area contributed by atoms with E-state index in [0.717, 1.165) is 31.6 Å². The van der Waals surface area contributed by atoms with Crippen molar-refractivity contribution in [1.29, 1.82) is 0 Å². The fourth-order valence-corrected chi connectivity index (χ4v) is 4.39. The summed E-state index contributed by atoms with van der Waals surface area (Å²) in [6, 6.07) is 6.68. The second kappa shape index (κ2) is 9.91. The number of unbranched alkanes of at least 4 members (excludes halogenated alkanes) is 1. The molecule has 0 spiro atoms. The lowest BCUT2D eigenvalue weighted by atomic mass is 10.1. The summed E-state index contributed by atoms with van der Waals surface area (Å²) < 4.78 is 23.0. The summed E-state index contributed by atoms with van der Waals surface area (Å²) in [5.41, 5.74) is 1.57. The monoisotopic (exact) mass is 409 g/mol. The van der Waals surface area contributed by atoms with Crippen LogP contribution in [-0.4, -0.2) is 68.9 Å². The van der Waals surface area contributed by atoms with Crippen LogP contribution in [0.1, 0.15) is 44.0 Å². The molecule has 1 aromatic rings. The molecule has 28 heavy (non-hydrogen) atoms. The number of nitrogens with one attached hydrogen (secondary N) is 1. The molecule has 0 aromatic heterocycles. The van der Waals surface area contributed by atoms with Gasteiger partial charge in [-0.05, 0) is 44.5 Å². The molecule has 2 rings (SSSR count). The third-order valence-corrected chi connectivity index (χ3v) is 6.64. The van der Waals surface area contributed by atoms with E-state index in [-0.39, 0.29) is 36.4 Å². The first-order valence-corrected chi connectivity index (χ1v) is 11.7. The first-order chi connectivity index (χ1) is 13.3. The minimum Gasteiger partial charge on any atom is -0.372 e. The second-order valence-electron chi connectivity index (χ2n) is 7.15. The van der Waals surface area contributed by atoms with E-state index in [1.54, 1.807) is 19.1 Å². The molecule has 1 N–H and O–H groups in total. The van der Waals surface area contributed by atoms with Gasteiger partial charge in [-0.2, -0.15) is 0 Å². The van der Waals surface area contributed by atoms with Gasteiger partial charge in [0.05, 0.1) is 11.5 Å². The quantitative estimate of drug-likeness (QED) is 0.706. The number of hydrogen-bond donors (Lipinski definition) is 1. The van der Waals surface area contributed by atoms with E-state index in [1.165, 1.54) is 4.90 Å². The first kappa shape index (κ1) is 22.2. The predicted octanol–water partition coefficient (Wildman–Crippen LogP) is 1.69. The van der Waals surface area contributed by atoms with Crippen molar-refractivity contribution in [2.45, 2.75) is 39.7 Å². The van der Waals surface area contributed by atoms with Crippen molar-refractivity contribution in [3.05, 3.63) is 29.8 Å². The highest BCUT2D eigenvalue weighted by Crippen LogP contribution is 2.16. The molecular weight excluding hydrogens is 378 g/mol. The molecule has 1 aliphatic heterocycles. The van der Waals surface area contributed by atoms with Crippen molar-refractivity contribution in [3.8, 4) is 0 Å². The van der Waals surface area contributed by atoms with Gasteiger partial charge in [-0.25, -0.2) is 8.42 Å². The molecule has 1 fully saturated rings. The summed E-state index contributed by atoms with van der Waals surface area (Å²) in [7, 11) is -3.05. The van der Waals surface area contributed by atoms with Gasteiger partial charge in [-0.3, -0.25) is 9.59 Å². The van der Waals surface area contributed by atoms with E-state index in [1.807, 2.05) is 12.1 Å². The Balaban J connectivity index is 1.93. The molecule has 1 aliphatic rings. The SMILES string of the molecule is CCCCN(CC)c1ccc(C(=O)NC(C)C(=O)N2CCS(=O)(=O)CC2)cc1. The standard InChI is InChI=1S/C20H31N3O4S/c1-4-6-11-22(5-2)18-9-7-17(8-10-18)19(24)21-16(3)20(25)23-12-14-28(26,27)15-13-23/h7-10,16H,4-6,11-15H2,1-3H3,(H,21,24). The minimum atomic E-state index is -3.05. The van der Waals surface area contributed by atoms with Crippen LogP contribution < -0.4 is 10.2 Å². The average Bonchev–Trinajstić information content (AvgIpc) is 2.68. The number of benzene rings is 1. The molecule has 1 aromatic carbocycles. The minimum absolute atomic E-state index is 0.0210. The topological polar surface area (TPSA) is 86.8 Å². The average molecular weight is 410 g/mol. The summed E-state index contributed by atoms with van der Waals surface area (Å²) in [6.07, 6.45) is 2.25. The van der Waals surface area contributed by atoms with Gasteiger partial charge in [0.2, 0.25) is 5.91 Å². The van der Waals surface area contributed by atoms with Gasteiger partial charge in [0.25, 0.3) is 5.91 Å². The van der Waals surface area contributed by atoms with Crippen LogP contribution in [0.4, 0.5) is 5.69 Å². The largest absolute Gasteiger partial charge is 0.372 e. The van der Waals surface area contributed by atoms with Crippen molar-refractivity contribution in [1.82, 2.24) is 10.2 Å². The third-order valence-electron chi connectivity index (χ3n) is 5.03. The first-order valence-electron chi connectivity index (χ1n) is 9.92. The maximum Gasteiger partial charge on any atom is 0.251 e. The van der Waals surface area contributed by atoms with Gasteiger partial charge in [-0.15, -0.1) is 0 Å². The molecular formula is C20H31N3O4S. The lowest BCUT2D eigenvalue weighted by Gasteiger charge is -2.29. The summed E-state index contributed by atoms with van der Waals surface area (Å²) in [5.74, 6) is -0.607. The molecule has 156 valence electrons. The van der Waals surface area contributed by atoms with Gasteiger partial charge in [-0.1, -0.05) is 13.3 Å². The smallest absolute Gasteiger partial charge is 0.251 e. The number of hydrogen-bond acceptors (Lipinski definition) is 5. The van der Waals surface area contributed by atoms with Crippen LogP contribution in [0.3, 0.4) is 0 Å². The zero-order valence-corrected chi connectivity index (χ0v) is 17.8. The fourth-order valence-electron chi connectivity index (χ4n) is 3.19. The van der Waals surface area contributed by atoms with E-state index in [4.69, 9.17) is 0 Å². The normalized spacial score (nSPS) is 17.0. The molecule has 0 aliphatic carbocycles. The van der Waals surface area contributed by atoms with Gasteiger partial charge in [0.1, 0.15) is 6.04 Å². The van der Waals surface area contributed by atoms with Crippen LogP contribution in [0.25, 0.3) is 0 Å². The van der Waals surface area contributed by atoms with E-state index in [9.17, 15) is 18.0 Å². The molecule has 1 unspecified atom stereocenters. The second-order valence-corrected chi connectivity index (χ2v) is 9.46. The summed E-state index contributed by atoms with van der Waals surface area (Å²) >= 11 is 0. The maximum atomic E-state index is 12.5. The van der Waals surface area contributed by atoms with Gasteiger partial charge in [0, 0.05) is 37.4 Å². The Kier molecular flexibility index (Phi) is 7.86. The highest BCUT2D eigenvalue weighted by atomic mass is 32.2. The Hall–Kier alpha value is -2.09. The van der Waals surface area contributed by atoms with Crippen molar-refractivity contribution in [2.24, 2.45) is 0 Å². The third kappa shape index (κ3) is 5.95. The van der Waals surface area contributed by atoms with Crippen LogP contribution in [0, 0.1) is 0 Å². The van der Waals surface area contributed by atoms with Crippen LogP contribution in [0.15, 0.2) is 24.3 Å². The van der Waals surface area contributed by atoms with Crippen molar-refractivity contribution in [3.63, 3.8) is 0 Å². The molecule has 1 saturated heterocycles. The number of sulfone groups is 1. The Morgan fingerprint density at radius 1 is 1.14 bits per heavy atom. The van der Waals surface area contributed by atoms with Crippen LogP contribution in [0.5, 0.6) is 0 Å². The highest BCUT2D eigenvalue weighted by molar-refractivity contribution is 7.91. The number of carbonyl (C=O) groups is 2. The molecule has 0 radical (unpaired) electrons. The Morgan fingerprint density at radius 3 is 2.29 bits per heavy atom. The van der Waals surface area contributed by atoms with E-state index in [2.05, 4.69) is 24.1 Å². The predicted molar refractivity (Wildman–Crippen MR) is 111 cm³/mol. The van der Waals surface area contributed by atoms with Crippen molar-refractivity contribution in [2.75, 3.05) is 42.6 Å². The molecule has 1 atom stereocenters. The lowest BCUT2D eigenvalue weighted by molar-refractivity contribution is -0.132. The van der Waals surface area contributed by atoms with E-state index < -0.39 is 15.9 Å². The van der Waals surface area contributed by atoms with Gasteiger partial charge in [0.15, 0.2) is 9.84 Å².